The van der Waals surface area contributed by atoms with Crippen LogP contribution in [0.15, 0.2) is 4.34 Å². The Morgan fingerprint density at radius 1 is 1.41 bits per heavy atom. The molecule has 0 saturated heterocycles. The van der Waals surface area contributed by atoms with E-state index in [1.807, 2.05) is 18.7 Å². The highest BCUT2D eigenvalue weighted by molar-refractivity contribution is 8.01. The van der Waals surface area contributed by atoms with Crippen LogP contribution in [0, 0.1) is 6.92 Å². The summed E-state index contributed by atoms with van der Waals surface area (Å²) in [6.45, 7) is 5.33. The van der Waals surface area contributed by atoms with Gasteiger partial charge in [0, 0.05) is 11.3 Å². The zero-order valence-electron chi connectivity index (χ0n) is 10.6. The minimum Gasteiger partial charge on any atom is -0.313 e. The number of aryl methyl sites for hydroxylation is 1. The molecule has 0 bridgehead atoms. The molecule has 1 aromatic rings. The standard InChI is InChI=1S/C12H21N3S2/c1-3-8-13-10-6-4-5-7-11(10)16-12-14-9(2)15-17-12/h10-11,13H,3-8H2,1-2H3. The average molecular weight is 271 g/mol. The van der Waals surface area contributed by atoms with Crippen molar-refractivity contribution in [2.75, 3.05) is 6.54 Å². The predicted molar refractivity (Wildman–Crippen MR) is 74.8 cm³/mol. The molecule has 1 aliphatic rings. The summed E-state index contributed by atoms with van der Waals surface area (Å²) in [6, 6.07) is 0.665. The minimum atomic E-state index is 0.665. The first-order valence-corrected chi connectivity index (χ1v) is 8.15. The lowest BCUT2D eigenvalue weighted by atomic mass is 9.95. The van der Waals surface area contributed by atoms with Gasteiger partial charge in [0.2, 0.25) is 0 Å². The van der Waals surface area contributed by atoms with Crippen molar-refractivity contribution in [3.05, 3.63) is 5.82 Å². The van der Waals surface area contributed by atoms with Crippen LogP contribution in [-0.4, -0.2) is 27.2 Å². The quantitative estimate of drug-likeness (QED) is 0.892. The summed E-state index contributed by atoms with van der Waals surface area (Å²) in [4.78, 5) is 4.46. The van der Waals surface area contributed by atoms with Gasteiger partial charge in [-0.15, -0.1) is 0 Å². The molecule has 96 valence electrons. The smallest absolute Gasteiger partial charge is 0.170 e. The first-order chi connectivity index (χ1) is 8.29. The van der Waals surface area contributed by atoms with E-state index in [1.165, 1.54) is 32.1 Å². The maximum Gasteiger partial charge on any atom is 0.170 e. The van der Waals surface area contributed by atoms with E-state index in [4.69, 9.17) is 0 Å². The van der Waals surface area contributed by atoms with E-state index in [1.54, 1.807) is 11.5 Å². The molecule has 17 heavy (non-hydrogen) atoms. The SMILES string of the molecule is CCCNC1CCCCC1Sc1nc(C)ns1. The van der Waals surface area contributed by atoms with E-state index in [-0.39, 0.29) is 0 Å². The predicted octanol–water partition coefficient (Wildman–Crippen LogP) is 3.25. The van der Waals surface area contributed by atoms with Gasteiger partial charge in [-0.1, -0.05) is 31.5 Å². The van der Waals surface area contributed by atoms with Gasteiger partial charge >= 0.3 is 0 Å². The van der Waals surface area contributed by atoms with Gasteiger partial charge < -0.3 is 5.32 Å². The molecule has 1 fully saturated rings. The first kappa shape index (κ1) is 13.3. The number of nitrogens with zero attached hydrogens (tertiary/aromatic N) is 2. The number of hydrogen-bond acceptors (Lipinski definition) is 5. The summed E-state index contributed by atoms with van der Waals surface area (Å²) in [6.07, 6.45) is 6.57. The Balaban J connectivity index is 1.91. The van der Waals surface area contributed by atoms with Crippen molar-refractivity contribution in [3.8, 4) is 0 Å². The van der Waals surface area contributed by atoms with Crippen molar-refractivity contribution < 1.29 is 0 Å². The van der Waals surface area contributed by atoms with E-state index >= 15 is 0 Å². The molecular weight excluding hydrogens is 250 g/mol. The molecule has 0 aliphatic heterocycles. The molecule has 0 aromatic carbocycles. The molecule has 0 spiro atoms. The Labute approximate surface area is 112 Å². The highest BCUT2D eigenvalue weighted by Gasteiger charge is 2.26. The van der Waals surface area contributed by atoms with Crippen LogP contribution < -0.4 is 5.32 Å². The zero-order chi connectivity index (χ0) is 12.1. The molecule has 1 aromatic heterocycles. The Morgan fingerprint density at radius 3 is 2.94 bits per heavy atom. The second-order valence-electron chi connectivity index (χ2n) is 4.61. The lowest BCUT2D eigenvalue weighted by Crippen LogP contribution is -2.40. The fourth-order valence-electron chi connectivity index (χ4n) is 2.26. The topological polar surface area (TPSA) is 37.8 Å². The van der Waals surface area contributed by atoms with E-state index in [0.717, 1.165) is 16.7 Å². The summed E-state index contributed by atoms with van der Waals surface area (Å²) >= 11 is 3.47. The van der Waals surface area contributed by atoms with Crippen LogP contribution in [0.5, 0.6) is 0 Å². The molecule has 2 atom stereocenters. The van der Waals surface area contributed by atoms with Gasteiger partial charge in [-0.2, -0.15) is 4.37 Å². The third-order valence-corrected chi connectivity index (χ3v) is 5.40. The van der Waals surface area contributed by atoms with E-state index < -0.39 is 0 Å². The van der Waals surface area contributed by atoms with E-state index in [9.17, 15) is 0 Å². The van der Waals surface area contributed by atoms with Crippen molar-refractivity contribution in [1.82, 2.24) is 14.7 Å². The maximum absolute atomic E-state index is 4.46. The third-order valence-electron chi connectivity index (χ3n) is 3.12. The Morgan fingerprint density at radius 2 is 2.24 bits per heavy atom. The van der Waals surface area contributed by atoms with Crippen molar-refractivity contribution >= 4 is 23.3 Å². The zero-order valence-corrected chi connectivity index (χ0v) is 12.2. The highest BCUT2D eigenvalue weighted by Crippen LogP contribution is 2.34. The van der Waals surface area contributed by atoms with Crippen molar-refractivity contribution in [2.45, 2.75) is 61.6 Å². The molecule has 1 aliphatic carbocycles. The van der Waals surface area contributed by atoms with Gasteiger partial charge in [-0.05, 0) is 44.3 Å². The Kier molecular flexibility index (Phi) is 5.25. The summed E-state index contributed by atoms with van der Waals surface area (Å²) in [5, 5.41) is 4.37. The number of rotatable bonds is 5. The van der Waals surface area contributed by atoms with Crippen LogP contribution in [0.2, 0.25) is 0 Å². The van der Waals surface area contributed by atoms with Crippen LogP contribution in [-0.2, 0) is 0 Å². The van der Waals surface area contributed by atoms with Crippen molar-refractivity contribution in [2.24, 2.45) is 0 Å². The number of nitrogens with one attached hydrogen (secondary N) is 1. The van der Waals surface area contributed by atoms with Crippen LogP contribution in [0.1, 0.15) is 44.9 Å². The molecule has 2 unspecified atom stereocenters. The molecule has 3 nitrogen and oxygen atoms in total. The second-order valence-corrected chi connectivity index (χ2v) is 6.85. The van der Waals surface area contributed by atoms with Crippen LogP contribution >= 0.6 is 23.3 Å². The summed E-state index contributed by atoms with van der Waals surface area (Å²) < 4.78 is 5.40. The molecule has 0 radical (unpaired) electrons. The fraction of sp³-hybridized carbons (Fsp3) is 0.833. The maximum atomic E-state index is 4.46. The number of thioether (sulfide) groups is 1. The second kappa shape index (κ2) is 6.71. The van der Waals surface area contributed by atoms with Crippen LogP contribution in [0.25, 0.3) is 0 Å². The molecule has 2 rings (SSSR count). The van der Waals surface area contributed by atoms with Gasteiger partial charge in [0.1, 0.15) is 5.82 Å². The summed E-state index contributed by atoms with van der Waals surface area (Å²) in [5.74, 6) is 0.909. The average Bonchev–Trinajstić information content (AvgIpc) is 2.74. The highest BCUT2D eigenvalue weighted by atomic mass is 32.2. The Hall–Kier alpha value is -0.130. The minimum absolute atomic E-state index is 0.665. The van der Waals surface area contributed by atoms with Crippen LogP contribution in [0.4, 0.5) is 0 Å². The first-order valence-electron chi connectivity index (χ1n) is 6.50. The monoisotopic (exact) mass is 271 g/mol. The number of aromatic nitrogens is 2. The largest absolute Gasteiger partial charge is 0.313 e. The van der Waals surface area contributed by atoms with Crippen LogP contribution in [0.3, 0.4) is 0 Å². The lowest BCUT2D eigenvalue weighted by Gasteiger charge is -2.31. The summed E-state index contributed by atoms with van der Waals surface area (Å²) in [5.41, 5.74) is 0. The normalized spacial score (nSPS) is 25.1. The van der Waals surface area contributed by atoms with Crippen molar-refractivity contribution in [1.29, 1.82) is 0 Å². The van der Waals surface area contributed by atoms with Gasteiger partial charge in [0.25, 0.3) is 0 Å². The Bertz CT molecular complexity index is 340. The number of hydrogen-bond donors (Lipinski definition) is 1. The lowest BCUT2D eigenvalue weighted by molar-refractivity contribution is 0.384. The fourth-order valence-corrected chi connectivity index (χ4v) is 4.46. The molecule has 5 heteroatoms. The molecule has 1 saturated carbocycles. The summed E-state index contributed by atoms with van der Waals surface area (Å²) in [7, 11) is 0. The van der Waals surface area contributed by atoms with Gasteiger partial charge in [-0.25, -0.2) is 4.98 Å². The third kappa shape index (κ3) is 3.93. The van der Waals surface area contributed by atoms with E-state index in [0.29, 0.717) is 11.3 Å². The van der Waals surface area contributed by atoms with Gasteiger partial charge in [0.05, 0.1) is 0 Å². The molecular formula is C12H21N3S2. The van der Waals surface area contributed by atoms with Gasteiger partial charge in [-0.3, -0.25) is 0 Å². The molecule has 1 heterocycles. The van der Waals surface area contributed by atoms with Gasteiger partial charge in [0.15, 0.2) is 4.34 Å². The van der Waals surface area contributed by atoms with Crippen molar-refractivity contribution in [3.63, 3.8) is 0 Å². The molecule has 0 amide bonds. The molecule has 1 N–H and O–H groups in total. The van der Waals surface area contributed by atoms with E-state index in [2.05, 4.69) is 21.6 Å².